The summed E-state index contributed by atoms with van der Waals surface area (Å²) in [5.41, 5.74) is 0.445. The maximum absolute atomic E-state index is 12.6. The van der Waals surface area contributed by atoms with Gasteiger partial charge in [-0.25, -0.2) is 15.0 Å². The lowest BCUT2D eigenvalue weighted by Crippen LogP contribution is -2.14. The fourth-order valence-corrected chi connectivity index (χ4v) is 2.55. The number of carbonyl (C=O) groups is 1. The Morgan fingerprint density at radius 1 is 1.07 bits per heavy atom. The third-order valence-electron chi connectivity index (χ3n) is 3.77. The van der Waals surface area contributed by atoms with Crippen molar-refractivity contribution in [2.45, 2.75) is 20.8 Å². The van der Waals surface area contributed by atoms with Crippen molar-refractivity contribution in [3.8, 4) is 17.3 Å². The van der Waals surface area contributed by atoms with Crippen molar-refractivity contribution in [3.05, 3.63) is 54.4 Å². The van der Waals surface area contributed by atoms with Gasteiger partial charge < -0.3 is 14.8 Å². The summed E-state index contributed by atoms with van der Waals surface area (Å²) in [4.78, 5) is 25.1. The summed E-state index contributed by atoms with van der Waals surface area (Å²) >= 11 is 0. The molecule has 0 aliphatic rings. The molecule has 140 valence electrons. The molecule has 8 nitrogen and oxygen atoms in total. The Morgan fingerprint density at radius 3 is 2.56 bits per heavy atom. The first-order chi connectivity index (χ1) is 13.1. The quantitative estimate of drug-likeness (QED) is 0.690. The van der Waals surface area contributed by atoms with Gasteiger partial charge in [-0.2, -0.15) is 0 Å². The molecule has 0 spiro atoms. The Labute approximate surface area is 157 Å². The van der Waals surface area contributed by atoms with Gasteiger partial charge in [-0.15, -0.1) is 0 Å². The molecule has 1 N–H and O–H groups in total. The first-order valence-corrected chi connectivity index (χ1v) is 8.65. The number of nitrogens with zero attached hydrogens (tertiary/aromatic N) is 4. The van der Waals surface area contributed by atoms with E-state index in [-0.39, 0.29) is 5.91 Å². The Morgan fingerprint density at radius 2 is 1.85 bits per heavy atom. The second-order valence-corrected chi connectivity index (χ2v) is 5.59. The van der Waals surface area contributed by atoms with Crippen LogP contribution in [0.1, 0.15) is 30.0 Å². The lowest BCUT2D eigenvalue weighted by Gasteiger charge is -2.12. The van der Waals surface area contributed by atoms with Gasteiger partial charge in [-0.3, -0.25) is 9.36 Å². The third kappa shape index (κ3) is 4.22. The molecule has 0 aliphatic carbocycles. The number of amides is 1. The molecular weight excluding hydrogens is 346 g/mol. The summed E-state index contributed by atoms with van der Waals surface area (Å²) in [6, 6.07) is 6.76. The molecule has 0 saturated heterocycles. The summed E-state index contributed by atoms with van der Waals surface area (Å²) < 4.78 is 12.9. The molecule has 8 heteroatoms. The van der Waals surface area contributed by atoms with E-state index < -0.39 is 0 Å². The fraction of sp³-hybridized carbons (Fsp3) is 0.263. The second-order valence-electron chi connectivity index (χ2n) is 5.59. The largest absolute Gasteiger partial charge is 0.490 e. The van der Waals surface area contributed by atoms with Gasteiger partial charge in [0.15, 0.2) is 11.5 Å². The molecule has 1 amide bonds. The second kappa shape index (κ2) is 8.31. The number of aryl methyl sites for hydroxylation is 1. The van der Waals surface area contributed by atoms with Crippen LogP contribution in [0.5, 0.6) is 11.5 Å². The maximum atomic E-state index is 12.6. The van der Waals surface area contributed by atoms with Gasteiger partial charge in [0.25, 0.3) is 5.91 Å². The van der Waals surface area contributed by atoms with Crippen LogP contribution in [0.25, 0.3) is 5.82 Å². The van der Waals surface area contributed by atoms with Crippen LogP contribution in [-0.4, -0.2) is 38.6 Å². The molecular formula is C19H21N5O3. The van der Waals surface area contributed by atoms with Crippen LogP contribution in [-0.2, 0) is 0 Å². The minimum Gasteiger partial charge on any atom is -0.490 e. The molecule has 3 rings (SSSR count). The number of benzene rings is 1. The van der Waals surface area contributed by atoms with Gasteiger partial charge in [0, 0.05) is 24.0 Å². The number of imidazole rings is 1. The van der Waals surface area contributed by atoms with Crippen LogP contribution in [0.3, 0.4) is 0 Å². The summed E-state index contributed by atoms with van der Waals surface area (Å²) in [6.45, 7) is 6.64. The van der Waals surface area contributed by atoms with Crippen molar-refractivity contribution in [1.82, 2.24) is 19.5 Å². The molecule has 0 aliphatic heterocycles. The molecule has 27 heavy (non-hydrogen) atoms. The molecule has 3 aromatic rings. The SMILES string of the molecule is CCOc1ccc(C(=O)Nc2cc(-n3ccnc3C)ncn2)cc1OCC. The van der Waals surface area contributed by atoms with Gasteiger partial charge in [0.05, 0.1) is 13.2 Å². The minimum absolute atomic E-state index is 0.300. The first kappa shape index (κ1) is 18.4. The smallest absolute Gasteiger partial charge is 0.256 e. The zero-order chi connectivity index (χ0) is 19.2. The summed E-state index contributed by atoms with van der Waals surface area (Å²) in [6.07, 6.45) is 4.88. The highest BCUT2D eigenvalue weighted by atomic mass is 16.5. The van der Waals surface area contributed by atoms with E-state index in [4.69, 9.17) is 9.47 Å². The summed E-state index contributed by atoms with van der Waals surface area (Å²) in [5, 5.41) is 2.78. The Kier molecular flexibility index (Phi) is 5.65. The highest BCUT2D eigenvalue weighted by Crippen LogP contribution is 2.28. The van der Waals surface area contributed by atoms with Gasteiger partial charge in [0.1, 0.15) is 23.8 Å². The van der Waals surface area contributed by atoms with Crippen molar-refractivity contribution in [1.29, 1.82) is 0 Å². The van der Waals surface area contributed by atoms with E-state index in [9.17, 15) is 4.79 Å². The number of ether oxygens (including phenoxy) is 2. The number of rotatable bonds is 7. The van der Waals surface area contributed by atoms with E-state index in [0.29, 0.717) is 41.9 Å². The van der Waals surface area contributed by atoms with Gasteiger partial charge in [-0.05, 0) is 39.0 Å². The van der Waals surface area contributed by atoms with Crippen molar-refractivity contribution < 1.29 is 14.3 Å². The highest BCUT2D eigenvalue weighted by molar-refractivity contribution is 6.04. The lowest BCUT2D eigenvalue weighted by atomic mass is 10.2. The molecule has 1 aromatic carbocycles. The average Bonchev–Trinajstić information content (AvgIpc) is 3.10. The van der Waals surface area contributed by atoms with Crippen molar-refractivity contribution in [2.75, 3.05) is 18.5 Å². The Balaban J connectivity index is 1.81. The van der Waals surface area contributed by atoms with E-state index in [1.807, 2.05) is 20.8 Å². The van der Waals surface area contributed by atoms with E-state index in [1.54, 1.807) is 41.2 Å². The third-order valence-corrected chi connectivity index (χ3v) is 3.77. The van der Waals surface area contributed by atoms with Crippen molar-refractivity contribution in [2.24, 2.45) is 0 Å². The Bertz CT molecular complexity index is 939. The molecule has 0 radical (unpaired) electrons. The number of aromatic nitrogens is 4. The van der Waals surface area contributed by atoms with E-state index >= 15 is 0 Å². The average molecular weight is 367 g/mol. The van der Waals surface area contributed by atoms with Gasteiger partial charge in [0.2, 0.25) is 0 Å². The predicted molar refractivity (Wildman–Crippen MR) is 101 cm³/mol. The number of anilines is 1. The Hall–Kier alpha value is -3.42. The number of nitrogens with one attached hydrogen (secondary N) is 1. The molecule has 0 unspecified atom stereocenters. The summed E-state index contributed by atoms with van der Waals surface area (Å²) in [7, 11) is 0. The van der Waals surface area contributed by atoms with Crippen molar-refractivity contribution in [3.63, 3.8) is 0 Å². The van der Waals surface area contributed by atoms with Crippen LogP contribution in [0, 0.1) is 6.92 Å². The van der Waals surface area contributed by atoms with E-state index in [2.05, 4.69) is 20.3 Å². The van der Waals surface area contributed by atoms with Crippen LogP contribution < -0.4 is 14.8 Å². The molecule has 0 fully saturated rings. The van der Waals surface area contributed by atoms with Crippen LogP contribution in [0.4, 0.5) is 5.82 Å². The van der Waals surface area contributed by atoms with E-state index in [1.165, 1.54) is 6.33 Å². The zero-order valence-corrected chi connectivity index (χ0v) is 15.5. The first-order valence-electron chi connectivity index (χ1n) is 8.65. The summed E-state index contributed by atoms with van der Waals surface area (Å²) in [5.74, 6) is 2.65. The fourth-order valence-electron chi connectivity index (χ4n) is 2.55. The standard InChI is InChI=1S/C19H21N5O3/c1-4-26-15-7-6-14(10-16(15)27-5-2)19(25)23-17-11-18(22-12-21-17)24-9-8-20-13(24)3/h6-12H,4-5H2,1-3H3,(H,21,22,23,25). The monoisotopic (exact) mass is 367 g/mol. The highest BCUT2D eigenvalue weighted by Gasteiger charge is 2.13. The number of carbonyl (C=O) groups excluding carboxylic acids is 1. The minimum atomic E-state index is -0.300. The topological polar surface area (TPSA) is 91.2 Å². The maximum Gasteiger partial charge on any atom is 0.256 e. The van der Waals surface area contributed by atoms with Gasteiger partial charge in [-0.1, -0.05) is 0 Å². The molecule has 0 atom stereocenters. The molecule has 2 heterocycles. The van der Waals surface area contributed by atoms with E-state index in [0.717, 1.165) is 5.82 Å². The predicted octanol–water partition coefficient (Wildman–Crippen LogP) is 3.02. The molecule has 0 bridgehead atoms. The lowest BCUT2D eigenvalue weighted by molar-refractivity contribution is 0.102. The zero-order valence-electron chi connectivity index (χ0n) is 15.5. The number of hydrogen-bond acceptors (Lipinski definition) is 6. The van der Waals surface area contributed by atoms with Crippen LogP contribution >= 0.6 is 0 Å². The molecule has 0 saturated carbocycles. The van der Waals surface area contributed by atoms with Crippen molar-refractivity contribution >= 4 is 11.7 Å². The van der Waals surface area contributed by atoms with Crippen LogP contribution in [0.15, 0.2) is 43.0 Å². The van der Waals surface area contributed by atoms with Crippen LogP contribution in [0.2, 0.25) is 0 Å². The number of hydrogen-bond donors (Lipinski definition) is 1. The molecule has 2 aromatic heterocycles. The van der Waals surface area contributed by atoms with Gasteiger partial charge >= 0.3 is 0 Å². The normalized spacial score (nSPS) is 10.5.